The molecule has 1 fully saturated rings. The molecule has 0 aromatic heterocycles. The maximum absolute atomic E-state index is 12.8. The third-order valence-electron chi connectivity index (χ3n) is 5.14. The van der Waals surface area contributed by atoms with Crippen LogP contribution >= 0.6 is 0 Å². The number of benzene rings is 2. The number of para-hydroxylation sites is 1. The number of hydrogen-bond donors (Lipinski definition) is 2. The van der Waals surface area contributed by atoms with Crippen molar-refractivity contribution >= 4 is 16.1 Å². The monoisotopic (exact) mass is 373 g/mol. The summed E-state index contributed by atoms with van der Waals surface area (Å²) >= 11 is 0. The Kier molecular flexibility index (Phi) is 4.48. The van der Waals surface area contributed by atoms with E-state index in [1.807, 2.05) is 24.3 Å². The zero-order valence-electron chi connectivity index (χ0n) is 14.7. The third kappa shape index (κ3) is 3.35. The van der Waals surface area contributed by atoms with Crippen LogP contribution in [0.25, 0.3) is 0 Å². The van der Waals surface area contributed by atoms with Crippen molar-refractivity contribution in [1.82, 2.24) is 9.62 Å². The highest BCUT2D eigenvalue weighted by atomic mass is 32.3. The second-order valence-corrected chi connectivity index (χ2v) is 8.70. The van der Waals surface area contributed by atoms with Crippen molar-refractivity contribution < 1.29 is 13.5 Å². The quantitative estimate of drug-likeness (QED) is 0.807. The van der Waals surface area contributed by atoms with Gasteiger partial charge in [-0.15, -0.1) is 4.72 Å². The summed E-state index contributed by atoms with van der Waals surface area (Å²) in [6, 6.07) is 15.1. The van der Waals surface area contributed by atoms with Crippen molar-refractivity contribution in [2.45, 2.75) is 23.4 Å². The van der Waals surface area contributed by atoms with E-state index in [-0.39, 0.29) is 0 Å². The number of fused-ring (bicyclic) bond motifs is 1. The van der Waals surface area contributed by atoms with Gasteiger partial charge >= 0.3 is 0 Å². The van der Waals surface area contributed by atoms with E-state index in [0.717, 1.165) is 25.3 Å². The largest absolute Gasteiger partial charge is 0.593 e. The molecule has 1 saturated heterocycles. The molecule has 0 amide bonds. The molecule has 2 atom stereocenters. The fourth-order valence-corrected chi connectivity index (χ4v) is 5.40. The van der Waals surface area contributed by atoms with Crippen LogP contribution in [0.1, 0.15) is 12.0 Å². The van der Waals surface area contributed by atoms with Gasteiger partial charge in [0.15, 0.2) is 15.3 Å². The summed E-state index contributed by atoms with van der Waals surface area (Å²) in [7, 11) is -1.88. The van der Waals surface area contributed by atoms with Gasteiger partial charge in [-0.25, -0.2) is 0 Å². The van der Waals surface area contributed by atoms with Crippen LogP contribution in [-0.2, 0) is 21.2 Å². The molecule has 0 saturated carbocycles. The van der Waals surface area contributed by atoms with Crippen molar-refractivity contribution in [1.29, 1.82) is 0 Å². The molecule has 0 bridgehead atoms. The first-order valence-electron chi connectivity index (χ1n) is 8.72. The highest BCUT2D eigenvalue weighted by Gasteiger charge is 2.46. The summed E-state index contributed by atoms with van der Waals surface area (Å²) in [5.74, 6) is 0.838. The van der Waals surface area contributed by atoms with Gasteiger partial charge in [-0.3, -0.25) is 4.90 Å². The van der Waals surface area contributed by atoms with E-state index in [9.17, 15) is 8.76 Å². The van der Waals surface area contributed by atoms with Crippen LogP contribution in [0.4, 0.5) is 5.69 Å². The Labute approximate surface area is 154 Å². The zero-order valence-corrected chi connectivity index (χ0v) is 15.6. The van der Waals surface area contributed by atoms with Crippen molar-refractivity contribution in [3.63, 3.8) is 0 Å². The average molecular weight is 373 g/mol. The van der Waals surface area contributed by atoms with E-state index >= 15 is 0 Å². The van der Waals surface area contributed by atoms with Crippen LogP contribution in [0.15, 0.2) is 53.4 Å². The maximum Gasteiger partial charge on any atom is 0.198 e. The predicted molar refractivity (Wildman–Crippen MR) is 101 cm³/mol. The van der Waals surface area contributed by atoms with E-state index in [0.29, 0.717) is 23.7 Å². The standard InChI is InChI=1S/C19H23N3O3S/c1-25-16-8-6-15(7-9-16)12-22-11-10-19(14-22)13-20-17-4-2-3-5-18(17)26(23,24)21-19/h2-9,20H,10-14H2,1H3,(H-,21,23,24). The molecule has 2 heterocycles. The van der Waals surface area contributed by atoms with E-state index in [4.69, 9.17) is 4.74 Å². The second-order valence-electron chi connectivity index (χ2n) is 7.04. The number of anilines is 1. The van der Waals surface area contributed by atoms with Crippen molar-refractivity contribution in [3.8, 4) is 5.75 Å². The Hall–Kier alpha value is -1.93. The Morgan fingerprint density at radius 1 is 1.23 bits per heavy atom. The van der Waals surface area contributed by atoms with Crippen LogP contribution in [0.5, 0.6) is 5.75 Å². The fraction of sp³-hybridized carbons (Fsp3) is 0.368. The lowest BCUT2D eigenvalue weighted by molar-refractivity contribution is 0.296. The summed E-state index contributed by atoms with van der Waals surface area (Å²) in [4.78, 5) is 2.62. The average Bonchev–Trinajstić information content (AvgIpc) is 2.98. The van der Waals surface area contributed by atoms with Gasteiger partial charge in [-0.05, 0) is 36.2 Å². The minimum absolute atomic E-state index is 0.325. The molecule has 2 aromatic rings. The van der Waals surface area contributed by atoms with Crippen LogP contribution in [0, 0.1) is 0 Å². The molecule has 26 heavy (non-hydrogen) atoms. The van der Waals surface area contributed by atoms with Gasteiger partial charge in [-0.2, -0.15) is 0 Å². The van der Waals surface area contributed by atoms with Crippen molar-refractivity contribution in [3.05, 3.63) is 54.1 Å². The number of ether oxygens (including phenoxy) is 1. The lowest BCUT2D eigenvalue weighted by Gasteiger charge is -2.29. The van der Waals surface area contributed by atoms with Gasteiger partial charge in [0.2, 0.25) is 0 Å². The fourth-order valence-electron chi connectivity index (χ4n) is 3.80. The molecule has 2 N–H and O–H groups in total. The minimum Gasteiger partial charge on any atom is -0.593 e. The Balaban J connectivity index is 1.49. The Morgan fingerprint density at radius 2 is 2.00 bits per heavy atom. The van der Waals surface area contributed by atoms with Gasteiger partial charge in [-0.1, -0.05) is 28.5 Å². The molecule has 4 rings (SSSR count). The molecule has 2 aliphatic heterocycles. The smallest absolute Gasteiger partial charge is 0.198 e. The maximum atomic E-state index is 12.8. The summed E-state index contributed by atoms with van der Waals surface area (Å²) in [6.07, 6.45) is 0.781. The predicted octanol–water partition coefficient (Wildman–Crippen LogP) is 2.26. The first-order chi connectivity index (χ1) is 12.5. The molecule has 138 valence electrons. The normalized spacial score (nSPS) is 28.4. The van der Waals surface area contributed by atoms with Crippen LogP contribution in [0.2, 0.25) is 0 Å². The SMILES string of the molecule is COc1ccc(CN2CCC3(CNc4ccccc4[S+](=O)([O-])N3)C2)cc1. The zero-order chi connectivity index (χ0) is 18.2. The number of nitrogens with zero attached hydrogens (tertiary/aromatic N) is 1. The van der Waals surface area contributed by atoms with Gasteiger partial charge in [0.1, 0.15) is 5.75 Å². The molecule has 7 heteroatoms. The topological polar surface area (TPSA) is 76.7 Å². The number of hydrogen-bond acceptors (Lipinski definition) is 5. The van der Waals surface area contributed by atoms with Crippen LogP contribution in [0.3, 0.4) is 0 Å². The van der Waals surface area contributed by atoms with Crippen LogP contribution < -0.4 is 14.8 Å². The molecule has 0 radical (unpaired) electrons. The molecule has 2 aliphatic rings. The van der Waals surface area contributed by atoms with E-state index in [2.05, 4.69) is 27.1 Å². The van der Waals surface area contributed by atoms with E-state index in [1.54, 1.807) is 19.2 Å². The Bertz CT molecular complexity index is 842. The lowest BCUT2D eigenvalue weighted by atomic mass is 10.00. The molecule has 2 aromatic carbocycles. The highest BCUT2D eigenvalue weighted by molar-refractivity contribution is 7.96. The summed E-state index contributed by atoms with van der Waals surface area (Å²) < 4.78 is 33.8. The van der Waals surface area contributed by atoms with Crippen LogP contribution in [-0.4, -0.2) is 41.7 Å². The summed E-state index contributed by atoms with van der Waals surface area (Å²) in [5.41, 5.74) is 1.38. The van der Waals surface area contributed by atoms with Gasteiger partial charge in [0, 0.05) is 26.2 Å². The van der Waals surface area contributed by atoms with Gasteiger partial charge in [0.25, 0.3) is 0 Å². The molecular formula is C19H23N3O3S. The van der Waals surface area contributed by atoms with Crippen molar-refractivity contribution in [2.24, 2.45) is 0 Å². The summed E-state index contributed by atoms with van der Waals surface area (Å²) in [6.45, 7) is 2.91. The van der Waals surface area contributed by atoms with Gasteiger partial charge in [0.05, 0.1) is 18.3 Å². The molecule has 0 aliphatic carbocycles. The van der Waals surface area contributed by atoms with Gasteiger partial charge < -0.3 is 14.6 Å². The molecule has 2 unspecified atom stereocenters. The first-order valence-corrected chi connectivity index (χ1v) is 10.2. The lowest BCUT2D eigenvalue weighted by Crippen LogP contribution is -2.55. The summed E-state index contributed by atoms with van der Waals surface area (Å²) in [5, 5.41) is 3.33. The highest BCUT2D eigenvalue weighted by Crippen LogP contribution is 2.33. The molecule has 1 spiro atoms. The minimum atomic E-state index is -3.53. The third-order valence-corrected chi connectivity index (χ3v) is 6.78. The number of rotatable bonds is 3. The first kappa shape index (κ1) is 17.5. The molecular weight excluding hydrogens is 350 g/mol. The van der Waals surface area contributed by atoms with Crippen molar-refractivity contribution in [2.75, 3.05) is 32.1 Å². The number of sulfonamides is 1. The Morgan fingerprint density at radius 3 is 2.77 bits per heavy atom. The number of methoxy groups -OCH3 is 1. The molecule has 6 nitrogen and oxygen atoms in total. The van der Waals surface area contributed by atoms with E-state index in [1.165, 1.54) is 5.56 Å². The number of nitrogens with one attached hydrogen (secondary N) is 2. The van der Waals surface area contributed by atoms with E-state index < -0.39 is 15.9 Å². The number of likely N-dealkylation sites (tertiary alicyclic amines) is 1. The second kappa shape index (κ2) is 6.66.